The van der Waals surface area contributed by atoms with Crippen molar-refractivity contribution in [2.24, 2.45) is 0 Å². The molecule has 0 spiro atoms. The van der Waals surface area contributed by atoms with Crippen LogP contribution in [0.2, 0.25) is 0 Å². The predicted molar refractivity (Wildman–Crippen MR) is 80.8 cm³/mol. The van der Waals surface area contributed by atoms with Crippen molar-refractivity contribution in [3.05, 3.63) is 63.7 Å². The Morgan fingerprint density at radius 3 is 2.76 bits per heavy atom. The van der Waals surface area contributed by atoms with Crippen LogP contribution in [0.3, 0.4) is 0 Å². The Labute approximate surface area is 122 Å². The summed E-state index contributed by atoms with van der Waals surface area (Å²) in [7, 11) is 0. The first kappa shape index (κ1) is 13.6. The minimum absolute atomic E-state index is 0.0325. The monoisotopic (exact) mass is 284 g/mol. The number of benzene rings is 2. The maximum absolute atomic E-state index is 11.4. The van der Waals surface area contributed by atoms with Crippen LogP contribution >= 0.6 is 0 Å². The summed E-state index contributed by atoms with van der Waals surface area (Å²) in [6, 6.07) is 13.0. The summed E-state index contributed by atoms with van der Waals surface area (Å²) >= 11 is 0. The average molecular weight is 284 g/mol. The molecule has 5 nitrogen and oxygen atoms in total. The molecule has 1 atom stereocenters. The number of nitrogens with zero attached hydrogens (tertiary/aromatic N) is 2. The number of para-hydroxylation sites is 1. The van der Waals surface area contributed by atoms with Gasteiger partial charge in [-0.25, -0.2) is 0 Å². The Hall–Kier alpha value is -2.40. The molecular formula is C16H16N2O3. The van der Waals surface area contributed by atoms with Crippen molar-refractivity contribution in [3.8, 4) is 0 Å². The number of aliphatic hydroxyl groups excluding tert-OH is 1. The van der Waals surface area contributed by atoms with E-state index in [2.05, 4.69) is 13.0 Å². The third-order valence-corrected chi connectivity index (χ3v) is 3.89. The second-order valence-corrected chi connectivity index (χ2v) is 5.29. The molecule has 1 unspecified atom stereocenters. The van der Waals surface area contributed by atoms with Crippen molar-refractivity contribution < 1.29 is 10.0 Å². The Balaban J connectivity index is 2.14. The van der Waals surface area contributed by atoms with Gasteiger partial charge in [0.15, 0.2) is 0 Å². The van der Waals surface area contributed by atoms with Crippen LogP contribution in [0.1, 0.15) is 18.1 Å². The molecule has 1 heterocycles. The third-order valence-electron chi connectivity index (χ3n) is 3.89. The molecule has 0 fully saturated rings. The molecule has 2 aromatic rings. The summed E-state index contributed by atoms with van der Waals surface area (Å²) in [5.74, 6) is 0. The van der Waals surface area contributed by atoms with E-state index in [0.29, 0.717) is 11.3 Å². The fraction of sp³-hybridized carbons (Fsp3) is 0.250. The minimum atomic E-state index is -0.387. The van der Waals surface area contributed by atoms with E-state index in [9.17, 15) is 15.2 Å². The van der Waals surface area contributed by atoms with Gasteiger partial charge in [0, 0.05) is 17.8 Å². The molecule has 0 aliphatic carbocycles. The van der Waals surface area contributed by atoms with E-state index in [0.717, 1.165) is 12.1 Å². The van der Waals surface area contributed by atoms with Crippen molar-refractivity contribution in [1.82, 2.24) is 0 Å². The predicted octanol–water partition coefficient (Wildman–Crippen LogP) is 3.17. The lowest BCUT2D eigenvalue weighted by Gasteiger charge is -2.24. The van der Waals surface area contributed by atoms with Gasteiger partial charge in [0.1, 0.15) is 5.69 Å². The number of hydrogen-bond acceptors (Lipinski definition) is 4. The van der Waals surface area contributed by atoms with Gasteiger partial charge in [-0.3, -0.25) is 10.1 Å². The zero-order valence-corrected chi connectivity index (χ0v) is 11.7. The zero-order chi connectivity index (χ0) is 15.0. The summed E-state index contributed by atoms with van der Waals surface area (Å²) in [5, 5.41) is 20.5. The maximum atomic E-state index is 11.4. The quantitative estimate of drug-likeness (QED) is 0.694. The Bertz CT molecular complexity index is 700. The maximum Gasteiger partial charge on any atom is 0.293 e. The highest BCUT2D eigenvalue weighted by molar-refractivity contribution is 5.77. The van der Waals surface area contributed by atoms with Crippen LogP contribution in [0.25, 0.3) is 0 Å². The second-order valence-electron chi connectivity index (χ2n) is 5.29. The molecule has 108 valence electrons. The topological polar surface area (TPSA) is 66.6 Å². The molecule has 1 aliphatic rings. The van der Waals surface area contributed by atoms with Crippen molar-refractivity contribution in [1.29, 1.82) is 0 Å². The van der Waals surface area contributed by atoms with Crippen molar-refractivity contribution in [2.75, 3.05) is 4.90 Å². The van der Waals surface area contributed by atoms with Crippen LogP contribution in [0, 0.1) is 10.1 Å². The highest BCUT2D eigenvalue weighted by Gasteiger charge is 2.31. The van der Waals surface area contributed by atoms with Crippen LogP contribution in [-0.2, 0) is 13.0 Å². The third kappa shape index (κ3) is 2.25. The zero-order valence-electron chi connectivity index (χ0n) is 11.7. The molecule has 0 saturated heterocycles. The van der Waals surface area contributed by atoms with E-state index in [4.69, 9.17) is 0 Å². The van der Waals surface area contributed by atoms with Crippen LogP contribution in [0.4, 0.5) is 17.1 Å². The fourth-order valence-corrected chi connectivity index (χ4v) is 2.95. The number of aliphatic hydroxyl groups is 1. The minimum Gasteiger partial charge on any atom is -0.392 e. The summed E-state index contributed by atoms with van der Waals surface area (Å²) in [6.45, 7) is 1.86. The van der Waals surface area contributed by atoms with E-state index < -0.39 is 0 Å². The number of nitro groups is 1. The van der Waals surface area contributed by atoms with E-state index in [-0.39, 0.29) is 23.3 Å². The van der Waals surface area contributed by atoms with Crippen molar-refractivity contribution in [2.45, 2.75) is 26.0 Å². The highest BCUT2D eigenvalue weighted by atomic mass is 16.6. The number of fused-ring (bicyclic) bond motifs is 1. The van der Waals surface area contributed by atoms with Gasteiger partial charge < -0.3 is 10.0 Å². The average Bonchev–Trinajstić information content (AvgIpc) is 2.82. The smallest absolute Gasteiger partial charge is 0.293 e. The molecular weight excluding hydrogens is 268 g/mol. The van der Waals surface area contributed by atoms with E-state index in [1.54, 1.807) is 12.1 Å². The van der Waals surface area contributed by atoms with Gasteiger partial charge in [-0.15, -0.1) is 0 Å². The van der Waals surface area contributed by atoms with Gasteiger partial charge in [-0.2, -0.15) is 0 Å². The van der Waals surface area contributed by atoms with Gasteiger partial charge in [0.25, 0.3) is 5.69 Å². The van der Waals surface area contributed by atoms with Crippen LogP contribution in [-0.4, -0.2) is 16.1 Å². The standard InChI is InChI=1S/C16H16N2O3/c1-11-8-13-4-2-3-5-14(13)17(11)15-7-6-12(10-19)9-16(15)18(20)21/h2-7,9,11,19H,8,10H2,1H3. The summed E-state index contributed by atoms with van der Waals surface area (Å²) in [5.41, 5.74) is 3.38. The molecule has 3 rings (SSSR count). The van der Waals surface area contributed by atoms with E-state index >= 15 is 0 Å². The second kappa shape index (κ2) is 5.18. The number of hydrogen-bond donors (Lipinski definition) is 1. The summed E-state index contributed by atoms with van der Waals surface area (Å²) in [4.78, 5) is 13.0. The first-order chi connectivity index (χ1) is 10.1. The molecule has 2 aromatic carbocycles. The van der Waals surface area contributed by atoms with Crippen LogP contribution in [0.5, 0.6) is 0 Å². The number of rotatable bonds is 3. The molecule has 0 saturated carbocycles. The SMILES string of the molecule is CC1Cc2ccccc2N1c1ccc(CO)cc1[N+](=O)[O-]. The van der Waals surface area contributed by atoms with Gasteiger partial charge in [0.2, 0.25) is 0 Å². The highest BCUT2D eigenvalue weighted by Crippen LogP contribution is 2.42. The van der Waals surface area contributed by atoms with Crippen LogP contribution < -0.4 is 4.90 Å². The molecule has 1 N–H and O–H groups in total. The molecule has 0 aromatic heterocycles. The molecule has 21 heavy (non-hydrogen) atoms. The largest absolute Gasteiger partial charge is 0.392 e. The Morgan fingerprint density at radius 2 is 2.05 bits per heavy atom. The lowest BCUT2D eigenvalue weighted by Crippen LogP contribution is -2.24. The summed E-state index contributed by atoms with van der Waals surface area (Å²) in [6.07, 6.45) is 0.870. The Morgan fingerprint density at radius 1 is 1.29 bits per heavy atom. The normalized spacial score (nSPS) is 16.9. The molecule has 0 bridgehead atoms. The first-order valence-corrected chi connectivity index (χ1v) is 6.87. The lowest BCUT2D eigenvalue weighted by atomic mass is 10.1. The van der Waals surface area contributed by atoms with Crippen molar-refractivity contribution in [3.63, 3.8) is 0 Å². The van der Waals surface area contributed by atoms with Gasteiger partial charge in [0.05, 0.1) is 11.5 Å². The first-order valence-electron chi connectivity index (χ1n) is 6.87. The van der Waals surface area contributed by atoms with Gasteiger partial charge in [-0.1, -0.05) is 24.3 Å². The fourth-order valence-electron chi connectivity index (χ4n) is 2.95. The van der Waals surface area contributed by atoms with Gasteiger partial charge >= 0.3 is 0 Å². The molecule has 0 radical (unpaired) electrons. The lowest BCUT2D eigenvalue weighted by molar-refractivity contribution is -0.384. The summed E-state index contributed by atoms with van der Waals surface area (Å²) < 4.78 is 0. The molecule has 0 amide bonds. The van der Waals surface area contributed by atoms with Crippen molar-refractivity contribution >= 4 is 17.1 Å². The van der Waals surface area contributed by atoms with E-state index in [1.165, 1.54) is 11.6 Å². The van der Waals surface area contributed by atoms with E-state index in [1.807, 2.05) is 23.1 Å². The van der Waals surface area contributed by atoms with Gasteiger partial charge in [-0.05, 0) is 36.6 Å². The number of nitro benzene ring substituents is 1. The molecule has 1 aliphatic heterocycles. The molecule has 5 heteroatoms. The Kier molecular flexibility index (Phi) is 3.35. The van der Waals surface area contributed by atoms with Crippen LogP contribution in [0.15, 0.2) is 42.5 Å². The number of anilines is 2.